The van der Waals surface area contributed by atoms with E-state index in [9.17, 15) is 9.59 Å². The molecule has 0 radical (unpaired) electrons. The number of benzene rings is 1. The summed E-state index contributed by atoms with van der Waals surface area (Å²) in [4.78, 5) is 22.8. The lowest BCUT2D eigenvalue weighted by atomic mass is 10.2. The van der Waals surface area contributed by atoms with Crippen LogP contribution in [0.1, 0.15) is 16.1 Å². The molecule has 1 amide bonds. The van der Waals surface area contributed by atoms with E-state index in [-0.39, 0.29) is 18.9 Å². The molecule has 1 heterocycles. The molecule has 0 saturated heterocycles. The average Bonchev–Trinajstić information content (AvgIpc) is 2.76. The fourth-order valence-electron chi connectivity index (χ4n) is 1.69. The van der Waals surface area contributed by atoms with E-state index < -0.39 is 12.1 Å². The van der Waals surface area contributed by atoms with Crippen LogP contribution in [-0.2, 0) is 4.79 Å². The Morgan fingerprint density at radius 3 is 2.70 bits per heavy atom. The molecule has 5 nitrogen and oxygen atoms in total. The van der Waals surface area contributed by atoms with Gasteiger partial charge in [-0.15, -0.1) is 11.3 Å². The van der Waals surface area contributed by atoms with Crippen LogP contribution in [-0.4, -0.2) is 34.7 Å². The summed E-state index contributed by atoms with van der Waals surface area (Å²) < 4.78 is 0.910. The van der Waals surface area contributed by atoms with Crippen LogP contribution in [0.4, 0.5) is 0 Å². The molecule has 20 heavy (non-hydrogen) atoms. The van der Waals surface area contributed by atoms with E-state index in [0.29, 0.717) is 9.90 Å². The lowest BCUT2D eigenvalue weighted by Gasteiger charge is -2.06. The third-order valence-electron chi connectivity index (χ3n) is 2.73. The molecule has 0 aliphatic rings. The van der Waals surface area contributed by atoms with Crippen LogP contribution in [0, 0.1) is 0 Å². The van der Waals surface area contributed by atoms with Gasteiger partial charge in [-0.05, 0) is 6.07 Å². The van der Waals surface area contributed by atoms with Gasteiger partial charge < -0.3 is 15.5 Å². The maximum Gasteiger partial charge on any atom is 0.332 e. The Balaban J connectivity index is 2.04. The van der Waals surface area contributed by atoms with E-state index in [1.165, 1.54) is 11.3 Å². The number of carbonyl (C=O) groups excluding carboxylic acids is 1. The molecular weight excluding hydrogens is 302 g/mol. The van der Waals surface area contributed by atoms with Crippen molar-refractivity contribution >= 4 is 44.9 Å². The van der Waals surface area contributed by atoms with Crippen LogP contribution in [0.15, 0.2) is 24.3 Å². The van der Waals surface area contributed by atoms with Crippen molar-refractivity contribution < 1.29 is 19.8 Å². The molecule has 1 aromatic heterocycles. The van der Waals surface area contributed by atoms with Crippen LogP contribution < -0.4 is 5.32 Å². The van der Waals surface area contributed by atoms with E-state index in [4.69, 9.17) is 21.8 Å². The third kappa shape index (κ3) is 3.09. The lowest BCUT2D eigenvalue weighted by Crippen LogP contribution is -2.29. The molecule has 0 fully saturated rings. The van der Waals surface area contributed by atoms with Gasteiger partial charge in [-0.3, -0.25) is 4.79 Å². The van der Waals surface area contributed by atoms with Crippen LogP contribution >= 0.6 is 22.9 Å². The van der Waals surface area contributed by atoms with Gasteiger partial charge in [0.25, 0.3) is 5.91 Å². The summed E-state index contributed by atoms with van der Waals surface area (Å²) in [6.07, 6.45) is -1.53. The van der Waals surface area contributed by atoms with E-state index in [1.54, 1.807) is 0 Å². The highest BCUT2D eigenvalue weighted by Gasteiger charge is 2.18. The smallest absolute Gasteiger partial charge is 0.332 e. The molecule has 106 valence electrons. The number of thiophene rings is 1. The Labute approximate surface area is 123 Å². The largest absolute Gasteiger partial charge is 0.479 e. The molecule has 1 unspecified atom stereocenters. The van der Waals surface area contributed by atoms with Gasteiger partial charge in [0, 0.05) is 23.1 Å². The minimum atomic E-state index is -1.48. The number of nitrogens with one attached hydrogen (secondary N) is 1. The van der Waals surface area contributed by atoms with Crippen molar-refractivity contribution in [3.8, 4) is 0 Å². The highest BCUT2D eigenvalue weighted by molar-refractivity contribution is 7.21. The summed E-state index contributed by atoms with van der Waals surface area (Å²) in [5, 5.41) is 21.4. The number of halogens is 1. The zero-order chi connectivity index (χ0) is 14.7. The predicted octanol–water partition coefficient (Wildman–Crippen LogP) is 2.12. The second-order valence-electron chi connectivity index (χ2n) is 4.14. The second kappa shape index (κ2) is 6.21. The number of hydrogen-bond donors (Lipinski definition) is 3. The summed E-state index contributed by atoms with van der Waals surface area (Å²) >= 11 is 7.42. The van der Waals surface area contributed by atoms with Gasteiger partial charge in [0.2, 0.25) is 0 Å². The lowest BCUT2D eigenvalue weighted by molar-refractivity contribution is -0.146. The van der Waals surface area contributed by atoms with Crippen molar-refractivity contribution in [2.24, 2.45) is 0 Å². The van der Waals surface area contributed by atoms with Crippen LogP contribution in [0.5, 0.6) is 0 Å². The molecule has 0 aliphatic heterocycles. The summed E-state index contributed by atoms with van der Waals surface area (Å²) in [6.45, 7) is 0.0663. The molecule has 2 aromatic rings. The molecule has 1 aromatic carbocycles. The first-order chi connectivity index (χ1) is 9.50. The van der Waals surface area contributed by atoms with Gasteiger partial charge in [0.05, 0.1) is 5.02 Å². The number of carboxylic acid groups (broad SMARTS) is 1. The summed E-state index contributed by atoms with van der Waals surface area (Å²) in [6, 6.07) is 7.40. The summed E-state index contributed by atoms with van der Waals surface area (Å²) in [7, 11) is 0. The number of amides is 1. The Kier molecular flexibility index (Phi) is 4.59. The number of carboxylic acids is 1. The van der Waals surface area contributed by atoms with Gasteiger partial charge in [-0.25, -0.2) is 4.79 Å². The monoisotopic (exact) mass is 313 g/mol. The second-order valence-corrected chi connectivity index (χ2v) is 5.57. The minimum absolute atomic E-state index is 0.0520. The van der Waals surface area contributed by atoms with Gasteiger partial charge >= 0.3 is 5.97 Å². The topological polar surface area (TPSA) is 86.6 Å². The maximum atomic E-state index is 12.0. The van der Waals surface area contributed by atoms with E-state index in [0.717, 1.165) is 10.1 Å². The Hall–Kier alpha value is -1.63. The number of rotatable bonds is 5. The summed E-state index contributed by atoms with van der Waals surface area (Å²) in [5.74, 6) is -1.67. The summed E-state index contributed by atoms with van der Waals surface area (Å²) in [5.41, 5.74) is 0. The highest BCUT2D eigenvalue weighted by Crippen LogP contribution is 2.34. The van der Waals surface area contributed by atoms with Crippen LogP contribution in [0.3, 0.4) is 0 Å². The van der Waals surface area contributed by atoms with Crippen molar-refractivity contribution in [2.45, 2.75) is 12.5 Å². The third-order valence-corrected chi connectivity index (χ3v) is 4.40. The number of fused-ring (bicyclic) bond motifs is 1. The average molecular weight is 314 g/mol. The van der Waals surface area contributed by atoms with Crippen LogP contribution in [0.2, 0.25) is 5.02 Å². The molecule has 0 saturated carbocycles. The number of carbonyl (C=O) groups is 2. The maximum absolute atomic E-state index is 12.0. The Bertz CT molecular complexity index is 655. The van der Waals surface area contributed by atoms with Crippen molar-refractivity contribution in [2.75, 3.05) is 6.54 Å². The number of aliphatic carboxylic acids is 1. The molecular formula is C13H12ClNO4S. The van der Waals surface area contributed by atoms with E-state index >= 15 is 0 Å². The normalized spacial score (nSPS) is 12.3. The molecule has 0 spiro atoms. The van der Waals surface area contributed by atoms with Gasteiger partial charge in [0.1, 0.15) is 4.88 Å². The van der Waals surface area contributed by atoms with Gasteiger partial charge in [0.15, 0.2) is 6.10 Å². The first-order valence-electron chi connectivity index (χ1n) is 5.87. The van der Waals surface area contributed by atoms with Crippen molar-refractivity contribution in [1.29, 1.82) is 0 Å². The minimum Gasteiger partial charge on any atom is -0.479 e. The Morgan fingerprint density at radius 1 is 1.35 bits per heavy atom. The van der Waals surface area contributed by atoms with Crippen molar-refractivity contribution in [3.05, 3.63) is 34.2 Å². The number of aliphatic hydroxyl groups excluding tert-OH is 1. The van der Waals surface area contributed by atoms with Gasteiger partial charge in [-0.1, -0.05) is 29.8 Å². The van der Waals surface area contributed by atoms with Crippen LogP contribution in [0.25, 0.3) is 10.1 Å². The Morgan fingerprint density at radius 2 is 2.05 bits per heavy atom. The number of hydrogen-bond acceptors (Lipinski definition) is 4. The molecule has 1 atom stereocenters. The van der Waals surface area contributed by atoms with E-state index in [1.807, 2.05) is 24.3 Å². The van der Waals surface area contributed by atoms with E-state index in [2.05, 4.69) is 5.32 Å². The fourth-order valence-corrected chi connectivity index (χ4v) is 3.12. The van der Waals surface area contributed by atoms with Crippen molar-refractivity contribution in [3.63, 3.8) is 0 Å². The first-order valence-corrected chi connectivity index (χ1v) is 7.06. The van der Waals surface area contributed by atoms with Gasteiger partial charge in [-0.2, -0.15) is 0 Å². The fraction of sp³-hybridized carbons (Fsp3) is 0.231. The molecule has 7 heteroatoms. The zero-order valence-corrected chi connectivity index (χ0v) is 11.9. The quantitative estimate of drug-likeness (QED) is 0.789. The first kappa shape index (κ1) is 14.8. The zero-order valence-electron chi connectivity index (χ0n) is 10.3. The predicted molar refractivity (Wildman–Crippen MR) is 77.4 cm³/mol. The molecule has 3 N–H and O–H groups in total. The number of aliphatic hydroxyl groups is 1. The molecule has 2 rings (SSSR count). The SMILES string of the molecule is O=C(NCCC(O)C(=O)O)c1sc2ccccc2c1Cl. The standard InChI is InChI=1S/C13H12ClNO4S/c14-10-7-3-1-2-4-9(7)20-11(10)12(17)15-6-5-8(16)13(18)19/h1-4,8,16H,5-6H2,(H,15,17)(H,18,19). The highest BCUT2D eigenvalue weighted by atomic mass is 35.5. The molecule has 0 bridgehead atoms. The van der Waals surface area contributed by atoms with Crippen molar-refractivity contribution in [1.82, 2.24) is 5.32 Å². The molecule has 0 aliphatic carbocycles.